The first-order valence-electron chi connectivity index (χ1n) is 10.7. The summed E-state index contributed by atoms with van der Waals surface area (Å²) in [5, 5.41) is 14.6. The number of fused-ring (bicyclic) bond motifs is 1. The Labute approximate surface area is 202 Å². The van der Waals surface area contributed by atoms with Crippen molar-refractivity contribution in [2.45, 2.75) is 13.1 Å². The van der Waals surface area contributed by atoms with Crippen LogP contribution in [0.15, 0.2) is 48.7 Å². The number of imidazole rings is 1. The molecule has 5 rings (SSSR count). The van der Waals surface area contributed by atoms with Gasteiger partial charge in [-0.15, -0.1) is 0 Å². The lowest BCUT2D eigenvalue weighted by Gasteiger charge is -2.15. The number of rotatable bonds is 6. The maximum absolute atomic E-state index is 13.1. The Hall–Kier alpha value is -4.68. The third-order valence-electron chi connectivity index (χ3n) is 5.23. The average molecular weight is 495 g/mol. The van der Waals surface area contributed by atoms with E-state index in [0.717, 1.165) is 11.6 Å². The fraction of sp³-hybridized carbons (Fsp3) is 0.174. The molecule has 4 heterocycles. The number of nitrogens with one attached hydrogen (secondary N) is 3. The van der Waals surface area contributed by atoms with E-state index in [0.29, 0.717) is 39.8 Å². The largest absolute Gasteiger partial charge is 0.494 e. The Bertz CT molecular complexity index is 1560. The van der Waals surface area contributed by atoms with Crippen LogP contribution in [0.4, 0.5) is 36.2 Å². The molecule has 0 fully saturated rings. The molecule has 0 saturated heterocycles. The zero-order valence-corrected chi connectivity index (χ0v) is 19.3. The Morgan fingerprint density at radius 2 is 1.78 bits per heavy atom. The first kappa shape index (κ1) is 23.1. The molecule has 1 aromatic carbocycles. The second-order valence-electron chi connectivity index (χ2n) is 7.84. The molecule has 0 saturated carbocycles. The highest BCUT2D eigenvalue weighted by Crippen LogP contribution is 2.38. The maximum Gasteiger partial charge on any atom is 0.433 e. The summed E-state index contributed by atoms with van der Waals surface area (Å²) in [5.74, 6) is 1.42. The topological polar surface area (TPSA) is 118 Å². The van der Waals surface area contributed by atoms with Crippen molar-refractivity contribution in [3.05, 3.63) is 60.2 Å². The highest BCUT2D eigenvalue weighted by atomic mass is 19.4. The quantitative estimate of drug-likeness (QED) is 0.302. The summed E-state index contributed by atoms with van der Waals surface area (Å²) in [5.41, 5.74) is 2.51. The van der Waals surface area contributed by atoms with Crippen molar-refractivity contribution in [3.63, 3.8) is 0 Å². The summed E-state index contributed by atoms with van der Waals surface area (Å²) in [6, 6.07) is 10.8. The van der Waals surface area contributed by atoms with Crippen LogP contribution >= 0.6 is 0 Å². The number of aryl methyl sites for hydroxylation is 2. The van der Waals surface area contributed by atoms with Crippen molar-refractivity contribution in [2.24, 2.45) is 7.05 Å². The standard InChI is InChI=1S/C23H20F3N9O/c1-12-28-20-15(30-14-7-4-6-13(21(14)36-3)16-11-27-35(2)34-16)10-19(33-22(20)29-12)32-18-9-5-8-17(31-18)23(24,25)26/h4-11H,1-3H3,(H3,28,29,30,31,32,33). The van der Waals surface area contributed by atoms with Gasteiger partial charge in [-0.1, -0.05) is 12.1 Å². The molecule has 0 spiro atoms. The van der Waals surface area contributed by atoms with Crippen LogP contribution in [0.3, 0.4) is 0 Å². The molecule has 13 heteroatoms. The fourth-order valence-corrected chi connectivity index (χ4v) is 3.73. The predicted molar refractivity (Wildman–Crippen MR) is 127 cm³/mol. The van der Waals surface area contributed by atoms with E-state index in [-0.39, 0.29) is 11.6 Å². The van der Waals surface area contributed by atoms with Gasteiger partial charge >= 0.3 is 6.18 Å². The molecular weight excluding hydrogens is 475 g/mol. The van der Waals surface area contributed by atoms with Crippen LogP contribution in [-0.4, -0.2) is 42.0 Å². The smallest absolute Gasteiger partial charge is 0.433 e. The van der Waals surface area contributed by atoms with Crippen molar-refractivity contribution < 1.29 is 17.9 Å². The highest BCUT2D eigenvalue weighted by molar-refractivity contribution is 5.92. The number of methoxy groups -OCH3 is 1. The third-order valence-corrected chi connectivity index (χ3v) is 5.23. The van der Waals surface area contributed by atoms with E-state index < -0.39 is 11.9 Å². The van der Waals surface area contributed by atoms with Gasteiger partial charge in [0, 0.05) is 18.7 Å². The summed E-state index contributed by atoms with van der Waals surface area (Å²) in [6.45, 7) is 1.78. The highest BCUT2D eigenvalue weighted by Gasteiger charge is 2.32. The molecule has 3 N–H and O–H groups in total. The number of halogens is 3. The van der Waals surface area contributed by atoms with Crippen molar-refractivity contribution in [1.29, 1.82) is 0 Å². The van der Waals surface area contributed by atoms with Gasteiger partial charge in [-0.25, -0.2) is 15.0 Å². The molecule has 0 amide bonds. The SMILES string of the molecule is COc1c(Nc2cc(Nc3cccc(C(F)(F)F)n3)nc3[nH]c(C)nc23)cccc1-c1cnn(C)n1. The van der Waals surface area contributed by atoms with Gasteiger partial charge < -0.3 is 20.4 Å². The molecule has 0 aliphatic carbocycles. The van der Waals surface area contributed by atoms with Crippen molar-refractivity contribution in [3.8, 4) is 17.0 Å². The summed E-state index contributed by atoms with van der Waals surface area (Å²) >= 11 is 0. The second kappa shape index (κ2) is 8.83. The number of H-pyrrole nitrogens is 1. The zero-order chi connectivity index (χ0) is 25.4. The van der Waals surface area contributed by atoms with Crippen LogP contribution < -0.4 is 15.4 Å². The molecular formula is C23H20F3N9O. The van der Waals surface area contributed by atoms with Crippen molar-refractivity contribution in [2.75, 3.05) is 17.7 Å². The maximum atomic E-state index is 13.1. The van der Waals surface area contributed by atoms with Crippen LogP contribution in [0.25, 0.3) is 22.4 Å². The molecule has 0 aliphatic rings. The molecule has 184 valence electrons. The Balaban J connectivity index is 1.55. The van der Waals surface area contributed by atoms with E-state index in [1.807, 2.05) is 18.2 Å². The Morgan fingerprint density at radius 3 is 2.50 bits per heavy atom. The minimum Gasteiger partial charge on any atom is -0.494 e. The monoisotopic (exact) mass is 495 g/mol. The van der Waals surface area contributed by atoms with E-state index in [4.69, 9.17) is 4.74 Å². The molecule has 36 heavy (non-hydrogen) atoms. The summed E-state index contributed by atoms with van der Waals surface area (Å²) in [4.78, 5) is 17.1. The van der Waals surface area contributed by atoms with Crippen LogP contribution in [0.1, 0.15) is 11.5 Å². The van der Waals surface area contributed by atoms with Crippen molar-refractivity contribution in [1.82, 2.24) is 34.9 Å². The summed E-state index contributed by atoms with van der Waals surface area (Å²) in [7, 11) is 3.27. The number of ether oxygens (including phenoxy) is 1. The first-order chi connectivity index (χ1) is 17.2. The van der Waals surface area contributed by atoms with Crippen molar-refractivity contribution >= 4 is 34.2 Å². The minimum atomic E-state index is -4.56. The normalized spacial score (nSPS) is 11.6. The first-order valence-corrected chi connectivity index (χ1v) is 10.7. The van der Waals surface area contributed by atoms with Gasteiger partial charge in [0.15, 0.2) is 11.4 Å². The third kappa shape index (κ3) is 4.50. The summed E-state index contributed by atoms with van der Waals surface area (Å²) in [6.07, 6.45) is -2.93. The van der Waals surface area contributed by atoms with E-state index >= 15 is 0 Å². The number of hydrogen-bond donors (Lipinski definition) is 3. The molecule has 5 aromatic rings. The van der Waals surface area contributed by atoms with Gasteiger partial charge in [0.2, 0.25) is 0 Å². The van der Waals surface area contributed by atoms with Crippen LogP contribution in [0, 0.1) is 6.92 Å². The number of para-hydroxylation sites is 1. The van der Waals surface area contributed by atoms with E-state index in [2.05, 4.69) is 40.8 Å². The summed E-state index contributed by atoms with van der Waals surface area (Å²) < 4.78 is 45.0. The molecule has 0 bridgehead atoms. The van der Waals surface area contributed by atoms with Gasteiger partial charge in [0.1, 0.15) is 34.4 Å². The predicted octanol–water partition coefficient (Wildman–Crippen LogP) is 4.97. The molecule has 4 aromatic heterocycles. The Morgan fingerprint density at radius 1 is 0.972 bits per heavy atom. The number of aromatic amines is 1. The molecule has 10 nitrogen and oxygen atoms in total. The minimum absolute atomic E-state index is 0.00101. The van der Waals surface area contributed by atoms with Gasteiger partial charge in [-0.05, 0) is 31.2 Å². The van der Waals surface area contributed by atoms with E-state index in [9.17, 15) is 13.2 Å². The molecule has 0 atom stereocenters. The molecule has 0 unspecified atom stereocenters. The van der Waals surface area contributed by atoms with Gasteiger partial charge in [-0.3, -0.25) is 0 Å². The number of alkyl halides is 3. The zero-order valence-electron chi connectivity index (χ0n) is 19.3. The molecule has 0 radical (unpaired) electrons. The van der Waals surface area contributed by atoms with E-state index in [1.54, 1.807) is 33.3 Å². The van der Waals surface area contributed by atoms with Gasteiger partial charge in [0.05, 0.1) is 24.7 Å². The number of hydrogen-bond acceptors (Lipinski definition) is 8. The fourth-order valence-electron chi connectivity index (χ4n) is 3.73. The lowest BCUT2D eigenvalue weighted by Crippen LogP contribution is -2.09. The average Bonchev–Trinajstić information content (AvgIpc) is 3.43. The molecule has 0 aliphatic heterocycles. The van der Waals surface area contributed by atoms with Crippen LogP contribution in [0.2, 0.25) is 0 Å². The number of pyridine rings is 2. The number of nitrogens with zero attached hydrogens (tertiary/aromatic N) is 6. The number of anilines is 4. The van der Waals surface area contributed by atoms with Crippen LogP contribution in [-0.2, 0) is 13.2 Å². The number of benzene rings is 1. The second-order valence-corrected chi connectivity index (χ2v) is 7.84. The lowest BCUT2D eigenvalue weighted by atomic mass is 10.1. The van der Waals surface area contributed by atoms with E-state index in [1.165, 1.54) is 16.9 Å². The van der Waals surface area contributed by atoms with Crippen LogP contribution in [0.5, 0.6) is 5.75 Å². The van der Waals surface area contributed by atoms with Gasteiger partial charge in [-0.2, -0.15) is 28.2 Å². The van der Waals surface area contributed by atoms with Gasteiger partial charge in [0.25, 0.3) is 0 Å². The number of aromatic nitrogens is 7. The lowest BCUT2D eigenvalue weighted by molar-refractivity contribution is -0.141. The Kier molecular flexibility index (Phi) is 5.66.